The van der Waals surface area contributed by atoms with E-state index in [1.165, 1.54) is 0 Å². The van der Waals surface area contributed by atoms with E-state index in [0.29, 0.717) is 17.2 Å². The van der Waals surface area contributed by atoms with Gasteiger partial charge in [0.1, 0.15) is 5.75 Å². The fourth-order valence-electron chi connectivity index (χ4n) is 1.19. The van der Waals surface area contributed by atoms with Crippen molar-refractivity contribution in [1.82, 2.24) is 5.32 Å². The van der Waals surface area contributed by atoms with Crippen LogP contribution in [-0.4, -0.2) is 19.1 Å². The molecule has 0 aromatic heterocycles. The topological polar surface area (TPSA) is 38.3 Å². The van der Waals surface area contributed by atoms with Crippen LogP contribution in [0.1, 0.15) is 13.3 Å². The fraction of sp³-hybridized carbons (Fsp3) is 0.364. The van der Waals surface area contributed by atoms with E-state index < -0.39 is 6.10 Å². The second-order valence-electron chi connectivity index (χ2n) is 3.09. The van der Waals surface area contributed by atoms with Crippen molar-refractivity contribution in [1.29, 1.82) is 0 Å². The third-order valence-electron chi connectivity index (χ3n) is 1.98. The molecule has 82 valence electrons. The molecule has 1 rings (SSSR count). The van der Waals surface area contributed by atoms with Crippen molar-refractivity contribution in [3.05, 3.63) is 29.3 Å². The lowest BCUT2D eigenvalue weighted by Gasteiger charge is -2.15. The number of hydrogen-bond donors (Lipinski definition) is 1. The van der Waals surface area contributed by atoms with Gasteiger partial charge in [-0.2, -0.15) is 0 Å². The molecule has 4 heteroatoms. The Morgan fingerprint density at radius 1 is 1.60 bits per heavy atom. The molecule has 1 aromatic carbocycles. The molecule has 1 atom stereocenters. The second kappa shape index (κ2) is 5.61. The summed E-state index contributed by atoms with van der Waals surface area (Å²) in [6, 6.07) is 7.01. The average Bonchev–Trinajstić information content (AvgIpc) is 2.25. The number of amides is 1. The molecule has 1 amide bonds. The summed E-state index contributed by atoms with van der Waals surface area (Å²) in [6.07, 6.45) is 0.153. The lowest BCUT2D eigenvalue weighted by molar-refractivity contribution is -0.127. The molecule has 0 aliphatic rings. The van der Waals surface area contributed by atoms with Gasteiger partial charge >= 0.3 is 0 Å². The van der Waals surface area contributed by atoms with Crippen LogP contribution in [0.4, 0.5) is 0 Å². The van der Waals surface area contributed by atoms with Gasteiger partial charge in [-0.05, 0) is 24.6 Å². The van der Waals surface area contributed by atoms with Gasteiger partial charge in [-0.1, -0.05) is 24.6 Å². The van der Waals surface area contributed by atoms with E-state index in [0.717, 1.165) is 0 Å². The van der Waals surface area contributed by atoms with Gasteiger partial charge in [-0.25, -0.2) is 0 Å². The van der Waals surface area contributed by atoms with E-state index in [1.54, 1.807) is 31.3 Å². The van der Waals surface area contributed by atoms with Gasteiger partial charge < -0.3 is 10.1 Å². The van der Waals surface area contributed by atoms with Crippen LogP contribution in [0.25, 0.3) is 0 Å². The first-order valence-electron chi connectivity index (χ1n) is 4.81. The second-order valence-corrected chi connectivity index (χ2v) is 3.52. The van der Waals surface area contributed by atoms with E-state index >= 15 is 0 Å². The molecule has 0 saturated carbocycles. The van der Waals surface area contributed by atoms with Crippen LogP contribution < -0.4 is 10.1 Å². The number of carbonyl (C=O) groups is 1. The zero-order chi connectivity index (χ0) is 11.3. The summed E-state index contributed by atoms with van der Waals surface area (Å²) in [6.45, 7) is 1.89. The summed E-state index contributed by atoms with van der Waals surface area (Å²) >= 11 is 5.80. The molecule has 3 nitrogen and oxygen atoms in total. The van der Waals surface area contributed by atoms with E-state index in [9.17, 15) is 4.79 Å². The summed E-state index contributed by atoms with van der Waals surface area (Å²) in [4.78, 5) is 11.4. The molecule has 0 bridgehead atoms. The van der Waals surface area contributed by atoms with Gasteiger partial charge in [0.05, 0.1) is 0 Å². The summed E-state index contributed by atoms with van der Waals surface area (Å²) in [7, 11) is 1.59. The number of carbonyl (C=O) groups excluding carboxylic acids is 1. The normalized spacial score (nSPS) is 11.9. The van der Waals surface area contributed by atoms with Gasteiger partial charge in [-0.15, -0.1) is 0 Å². The zero-order valence-corrected chi connectivity index (χ0v) is 9.54. The lowest BCUT2D eigenvalue weighted by atomic mass is 10.2. The van der Waals surface area contributed by atoms with Crippen molar-refractivity contribution < 1.29 is 9.53 Å². The van der Waals surface area contributed by atoms with Crippen molar-refractivity contribution in [2.24, 2.45) is 0 Å². The predicted octanol–water partition coefficient (Wildman–Crippen LogP) is 2.24. The van der Waals surface area contributed by atoms with E-state index in [2.05, 4.69) is 5.32 Å². The van der Waals surface area contributed by atoms with Crippen LogP contribution >= 0.6 is 11.6 Å². The number of hydrogen-bond acceptors (Lipinski definition) is 2. The van der Waals surface area contributed by atoms with Gasteiger partial charge in [0.2, 0.25) is 0 Å². The van der Waals surface area contributed by atoms with Crippen molar-refractivity contribution >= 4 is 17.5 Å². The highest BCUT2D eigenvalue weighted by Crippen LogP contribution is 2.19. The van der Waals surface area contributed by atoms with Gasteiger partial charge in [0.25, 0.3) is 5.91 Å². The Morgan fingerprint density at radius 3 is 2.87 bits per heavy atom. The first kappa shape index (κ1) is 11.9. The maximum absolute atomic E-state index is 11.4. The van der Waals surface area contributed by atoms with Crippen molar-refractivity contribution in [3.8, 4) is 5.75 Å². The zero-order valence-electron chi connectivity index (χ0n) is 8.79. The third kappa shape index (κ3) is 3.44. The number of rotatable bonds is 4. The number of likely N-dealkylation sites (N-methyl/N-ethyl adjacent to an activating group) is 1. The molecule has 0 aliphatic heterocycles. The summed E-state index contributed by atoms with van der Waals surface area (Å²) < 4.78 is 5.50. The molecular formula is C11H14ClNO2. The number of ether oxygens (including phenoxy) is 1. The Bertz CT molecular complexity index is 341. The molecule has 0 aliphatic carbocycles. The Kier molecular flexibility index (Phi) is 4.43. The standard InChI is InChI=1S/C11H14ClNO2/c1-3-10(11(14)13-2)15-9-6-4-5-8(12)7-9/h4-7,10H,3H2,1-2H3,(H,13,14)/t10-/m1/s1. The SMILES string of the molecule is CC[C@@H](Oc1cccc(Cl)c1)C(=O)NC. The molecule has 1 N–H and O–H groups in total. The molecule has 0 heterocycles. The largest absolute Gasteiger partial charge is 0.481 e. The van der Waals surface area contributed by atoms with Crippen LogP contribution in [0.5, 0.6) is 5.75 Å². The lowest BCUT2D eigenvalue weighted by Crippen LogP contribution is -2.35. The molecule has 0 unspecified atom stereocenters. The van der Waals surface area contributed by atoms with Crippen molar-refractivity contribution in [3.63, 3.8) is 0 Å². The highest BCUT2D eigenvalue weighted by molar-refractivity contribution is 6.30. The van der Waals surface area contributed by atoms with E-state index in [4.69, 9.17) is 16.3 Å². The van der Waals surface area contributed by atoms with Crippen LogP contribution in [0, 0.1) is 0 Å². The minimum atomic E-state index is -0.464. The van der Waals surface area contributed by atoms with E-state index in [1.807, 2.05) is 6.92 Å². The molecule has 1 aromatic rings. The fourth-order valence-corrected chi connectivity index (χ4v) is 1.37. The van der Waals surface area contributed by atoms with Crippen molar-refractivity contribution in [2.45, 2.75) is 19.4 Å². The maximum Gasteiger partial charge on any atom is 0.260 e. The number of benzene rings is 1. The van der Waals surface area contributed by atoms with Gasteiger partial charge in [0, 0.05) is 12.1 Å². The van der Waals surface area contributed by atoms with Crippen LogP contribution in [0.3, 0.4) is 0 Å². The smallest absolute Gasteiger partial charge is 0.260 e. The van der Waals surface area contributed by atoms with Gasteiger partial charge in [-0.3, -0.25) is 4.79 Å². The van der Waals surface area contributed by atoms with Crippen LogP contribution in [0.2, 0.25) is 5.02 Å². The highest BCUT2D eigenvalue weighted by atomic mass is 35.5. The Balaban J connectivity index is 2.70. The molecule has 0 spiro atoms. The average molecular weight is 228 g/mol. The maximum atomic E-state index is 11.4. The number of halogens is 1. The quantitative estimate of drug-likeness (QED) is 0.857. The first-order valence-corrected chi connectivity index (χ1v) is 5.19. The van der Waals surface area contributed by atoms with E-state index in [-0.39, 0.29) is 5.91 Å². The predicted molar refractivity (Wildman–Crippen MR) is 60.2 cm³/mol. The summed E-state index contributed by atoms with van der Waals surface area (Å²) in [5.41, 5.74) is 0. The molecule has 0 fully saturated rings. The minimum absolute atomic E-state index is 0.127. The molecular weight excluding hydrogens is 214 g/mol. The highest BCUT2D eigenvalue weighted by Gasteiger charge is 2.16. The first-order chi connectivity index (χ1) is 7.17. The van der Waals surface area contributed by atoms with Crippen LogP contribution in [-0.2, 0) is 4.79 Å². The summed E-state index contributed by atoms with van der Waals surface area (Å²) in [5.74, 6) is 0.482. The Labute approximate surface area is 94.4 Å². The molecule has 0 saturated heterocycles. The monoisotopic (exact) mass is 227 g/mol. The van der Waals surface area contributed by atoms with Gasteiger partial charge in [0.15, 0.2) is 6.10 Å². The van der Waals surface area contributed by atoms with Crippen LogP contribution in [0.15, 0.2) is 24.3 Å². The Morgan fingerprint density at radius 2 is 2.33 bits per heavy atom. The minimum Gasteiger partial charge on any atom is -0.481 e. The Hall–Kier alpha value is -1.22. The summed E-state index contributed by atoms with van der Waals surface area (Å²) in [5, 5.41) is 3.15. The van der Waals surface area contributed by atoms with Crippen molar-refractivity contribution in [2.75, 3.05) is 7.05 Å². The third-order valence-corrected chi connectivity index (χ3v) is 2.22. The molecule has 0 radical (unpaired) electrons. The molecule has 15 heavy (non-hydrogen) atoms. The number of nitrogens with one attached hydrogen (secondary N) is 1.